The lowest BCUT2D eigenvalue weighted by Gasteiger charge is -2.55. The Balaban J connectivity index is 2.38. The Morgan fingerprint density at radius 1 is 1.24 bits per heavy atom. The van der Waals surface area contributed by atoms with Crippen molar-refractivity contribution in [2.75, 3.05) is 19.8 Å². The number of hydrogen-bond donors (Lipinski definition) is 5. The normalized spacial score (nSPS) is 32.0. The second-order valence-electron chi connectivity index (χ2n) is 11.6. The molecule has 0 bridgehead atoms. The van der Waals surface area contributed by atoms with E-state index in [1.165, 1.54) is 5.57 Å². The minimum Gasteiger partial charge on any atom is -0.396 e. The van der Waals surface area contributed by atoms with Crippen molar-refractivity contribution in [1.82, 2.24) is 5.32 Å². The van der Waals surface area contributed by atoms with Gasteiger partial charge in [-0.25, -0.2) is 0 Å². The van der Waals surface area contributed by atoms with Crippen molar-refractivity contribution in [3.8, 4) is 0 Å². The van der Waals surface area contributed by atoms with Crippen LogP contribution in [0.2, 0.25) is 0 Å². The van der Waals surface area contributed by atoms with E-state index in [0.717, 1.165) is 36.0 Å². The number of aldehydes is 1. The summed E-state index contributed by atoms with van der Waals surface area (Å²) >= 11 is 0. The molecule has 0 aromatic rings. The SMILES string of the molecule is C=C(C=CC=C(CO)C1CCC2(C(CCCO)C(=C(C)C=O)CCC2(C)O)C1O)C(CC=C(C)C)NCC. The monoisotopic (exact) mass is 529 g/mol. The fourth-order valence-corrected chi connectivity index (χ4v) is 6.83. The standard InChI is InChI=1S/C32H51NO5/c1-7-33-29(14-13-22(2)3)23(4)10-8-11-25(21-36)27-16-18-32(30(27)37)28(12-9-19-34)26(24(5)20-35)15-17-31(32,6)38/h8,10-11,13,20,27-30,33-34,36-38H,4,7,9,12,14-19,21H2,1-3,5-6H3. The molecule has 5 N–H and O–H groups in total. The Kier molecular flexibility index (Phi) is 12.4. The lowest BCUT2D eigenvalue weighted by Crippen LogP contribution is -2.59. The second kappa shape index (κ2) is 14.5. The number of carbonyl (C=O) groups is 1. The van der Waals surface area contributed by atoms with Crippen LogP contribution in [-0.2, 0) is 4.79 Å². The van der Waals surface area contributed by atoms with Gasteiger partial charge in [-0.1, -0.05) is 49.0 Å². The van der Waals surface area contributed by atoms with Crippen molar-refractivity contribution in [3.05, 3.63) is 58.7 Å². The highest BCUT2D eigenvalue weighted by atomic mass is 16.3. The molecule has 2 aliphatic rings. The highest BCUT2D eigenvalue weighted by Gasteiger charge is 2.63. The van der Waals surface area contributed by atoms with Crippen molar-refractivity contribution in [2.45, 2.75) is 97.3 Å². The van der Waals surface area contributed by atoms with Crippen LogP contribution in [0.5, 0.6) is 0 Å². The molecule has 0 aromatic heterocycles. The van der Waals surface area contributed by atoms with Crippen molar-refractivity contribution in [3.63, 3.8) is 0 Å². The molecule has 0 saturated heterocycles. The molecule has 0 aliphatic heterocycles. The maximum Gasteiger partial charge on any atom is 0.145 e. The molecule has 6 atom stereocenters. The molecule has 0 amide bonds. The summed E-state index contributed by atoms with van der Waals surface area (Å²) in [4.78, 5) is 11.7. The molecule has 2 aliphatic carbocycles. The van der Waals surface area contributed by atoms with Crippen LogP contribution in [0.25, 0.3) is 0 Å². The van der Waals surface area contributed by atoms with Gasteiger partial charge in [0, 0.05) is 24.0 Å². The molecule has 38 heavy (non-hydrogen) atoms. The largest absolute Gasteiger partial charge is 0.396 e. The van der Waals surface area contributed by atoms with Gasteiger partial charge in [0.2, 0.25) is 0 Å². The van der Waals surface area contributed by atoms with E-state index in [-0.39, 0.29) is 31.1 Å². The van der Waals surface area contributed by atoms with E-state index in [0.29, 0.717) is 44.1 Å². The number of allylic oxidation sites excluding steroid dienone is 5. The first-order valence-corrected chi connectivity index (χ1v) is 14.2. The zero-order chi connectivity index (χ0) is 28.5. The predicted molar refractivity (Wildman–Crippen MR) is 155 cm³/mol. The summed E-state index contributed by atoms with van der Waals surface area (Å²) in [7, 11) is 0. The summed E-state index contributed by atoms with van der Waals surface area (Å²) in [5, 5.41) is 46.9. The van der Waals surface area contributed by atoms with E-state index in [1.807, 2.05) is 18.2 Å². The minimum atomic E-state index is -1.14. The smallest absolute Gasteiger partial charge is 0.145 e. The van der Waals surface area contributed by atoms with Gasteiger partial charge in [0.05, 0.1) is 18.3 Å². The van der Waals surface area contributed by atoms with Crippen LogP contribution in [0.3, 0.4) is 0 Å². The lowest BCUT2D eigenvalue weighted by molar-refractivity contribution is -0.167. The van der Waals surface area contributed by atoms with Crippen LogP contribution >= 0.6 is 0 Å². The molecule has 6 heteroatoms. The molecule has 0 aromatic carbocycles. The van der Waals surface area contributed by atoms with E-state index < -0.39 is 17.1 Å². The Morgan fingerprint density at radius 3 is 2.53 bits per heavy atom. The van der Waals surface area contributed by atoms with Gasteiger partial charge in [0.15, 0.2) is 0 Å². The molecular weight excluding hydrogens is 478 g/mol. The zero-order valence-corrected chi connectivity index (χ0v) is 24.2. The summed E-state index contributed by atoms with van der Waals surface area (Å²) in [6.07, 6.45) is 12.1. The Morgan fingerprint density at radius 2 is 1.95 bits per heavy atom. The predicted octanol–water partition coefficient (Wildman–Crippen LogP) is 4.56. The molecule has 6 unspecified atom stereocenters. The van der Waals surface area contributed by atoms with Crippen LogP contribution in [0.4, 0.5) is 0 Å². The number of carbonyl (C=O) groups excluding carboxylic acids is 1. The minimum absolute atomic E-state index is 0.0135. The van der Waals surface area contributed by atoms with E-state index in [9.17, 15) is 25.2 Å². The van der Waals surface area contributed by atoms with E-state index in [1.54, 1.807) is 13.8 Å². The summed E-state index contributed by atoms with van der Waals surface area (Å²) in [5.41, 5.74) is 2.57. The number of hydrogen-bond acceptors (Lipinski definition) is 6. The van der Waals surface area contributed by atoms with Gasteiger partial charge in [-0.15, -0.1) is 0 Å². The topological polar surface area (TPSA) is 110 Å². The fraction of sp³-hybridized carbons (Fsp3) is 0.656. The van der Waals surface area contributed by atoms with Crippen LogP contribution < -0.4 is 5.32 Å². The molecular formula is C32H51NO5. The van der Waals surface area contributed by atoms with Crippen molar-refractivity contribution < 1.29 is 25.2 Å². The third kappa shape index (κ3) is 7.02. The fourth-order valence-electron chi connectivity index (χ4n) is 6.83. The summed E-state index contributed by atoms with van der Waals surface area (Å²) in [5.74, 6) is -0.526. The first-order valence-electron chi connectivity index (χ1n) is 14.2. The second-order valence-corrected chi connectivity index (χ2v) is 11.6. The van der Waals surface area contributed by atoms with E-state index >= 15 is 0 Å². The molecule has 1 spiro atoms. The molecule has 214 valence electrons. The molecule has 2 saturated carbocycles. The van der Waals surface area contributed by atoms with Gasteiger partial charge in [-0.05, 0) is 102 Å². The van der Waals surface area contributed by atoms with Gasteiger partial charge in [-0.2, -0.15) is 0 Å². The number of nitrogens with one attached hydrogen (secondary N) is 1. The molecule has 2 rings (SSSR count). The third-order valence-electron chi connectivity index (χ3n) is 8.98. The van der Waals surface area contributed by atoms with Gasteiger partial charge >= 0.3 is 0 Å². The maximum atomic E-state index is 11.9. The quantitative estimate of drug-likeness (QED) is 0.104. The Bertz CT molecular complexity index is 939. The molecule has 6 nitrogen and oxygen atoms in total. The number of aliphatic hydroxyl groups excluding tert-OH is 3. The van der Waals surface area contributed by atoms with Crippen molar-refractivity contribution in [2.24, 2.45) is 17.3 Å². The van der Waals surface area contributed by atoms with Gasteiger partial charge in [-0.3, -0.25) is 4.79 Å². The Labute approximate surface area is 229 Å². The number of rotatable bonds is 13. The van der Waals surface area contributed by atoms with Crippen LogP contribution in [0.1, 0.15) is 79.6 Å². The third-order valence-corrected chi connectivity index (χ3v) is 8.98. The number of likely N-dealkylation sites (N-methyl/N-ethyl adjacent to an activating group) is 1. The first-order chi connectivity index (χ1) is 18.0. The van der Waals surface area contributed by atoms with E-state index in [2.05, 4.69) is 38.7 Å². The van der Waals surface area contributed by atoms with Gasteiger partial charge in [0.1, 0.15) is 6.29 Å². The first kappa shape index (κ1) is 32.4. The maximum absolute atomic E-state index is 11.9. The highest BCUT2D eigenvalue weighted by molar-refractivity contribution is 5.74. The Hall–Kier alpha value is -1.83. The van der Waals surface area contributed by atoms with Crippen LogP contribution in [0, 0.1) is 17.3 Å². The van der Waals surface area contributed by atoms with Gasteiger partial charge < -0.3 is 25.7 Å². The van der Waals surface area contributed by atoms with Crippen molar-refractivity contribution >= 4 is 6.29 Å². The molecule has 2 fully saturated rings. The van der Waals surface area contributed by atoms with E-state index in [4.69, 9.17) is 0 Å². The number of aliphatic hydroxyl groups is 4. The average molecular weight is 530 g/mol. The summed E-state index contributed by atoms with van der Waals surface area (Å²) in [6.45, 7) is 14.7. The molecule has 0 radical (unpaired) electrons. The highest BCUT2D eigenvalue weighted by Crippen LogP contribution is 2.62. The zero-order valence-electron chi connectivity index (χ0n) is 24.2. The van der Waals surface area contributed by atoms with Crippen LogP contribution in [0.15, 0.2) is 58.7 Å². The summed E-state index contributed by atoms with van der Waals surface area (Å²) in [6, 6.07) is 0.119. The lowest BCUT2D eigenvalue weighted by atomic mass is 9.52. The van der Waals surface area contributed by atoms with Gasteiger partial charge in [0.25, 0.3) is 0 Å². The summed E-state index contributed by atoms with van der Waals surface area (Å²) < 4.78 is 0. The molecule has 0 heterocycles. The average Bonchev–Trinajstić information content (AvgIpc) is 3.22. The van der Waals surface area contributed by atoms with Crippen LogP contribution in [-0.4, -0.2) is 64.2 Å². The van der Waals surface area contributed by atoms with Crippen molar-refractivity contribution in [1.29, 1.82) is 0 Å².